The molecule has 12 nitrogen and oxygen atoms in total. The molecule has 0 radical (unpaired) electrons. The number of carbonyl (C=O) groups excluding carboxylic acids is 2. The van der Waals surface area contributed by atoms with E-state index in [2.05, 4.69) is 20.5 Å². The Labute approximate surface area is 205 Å². The van der Waals surface area contributed by atoms with Gasteiger partial charge in [0, 0.05) is 23.2 Å². The molecule has 188 valence electrons. The summed E-state index contributed by atoms with van der Waals surface area (Å²) in [6.45, 7) is 5.22. The molecule has 0 saturated heterocycles. The second-order valence-electron chi connectivity index (χ2n) is 7.78. The first-order chi connectivity index (χ1) is 17.0. The van der Waals surface area contributed by atoms with Crippen LogP contribution in [0.3, 0.4) is 0 Å². The fourth-order valence-corrected chi connectivity index (χ4v) is 4.87. The number of amides is 2. The molecule has 0 atom stereocenters. The van der Waals surface area contributed by atoms with Gasteiger partial charge in [0.25, 0.3) is 12.3 Å². The Morgan fingerprint density at radius 2 is 1.89 bits per heavy atom. The molecule has 0 aliphatic carbocycles. The van der Waals surface area contributed by atoms with E-state index >= 15 is 0 Å². The Morgan fingerprint density at radius 1 is 1.19 bits per heavy atom. The largest absolute Gasteiger partial charge is 0.365 e. The zero-order chi connectivity index (χ0) is 26.3. The number of thiophene rings is 1. The van der Waals surface area contributed by atoms with Gasteiger partial charge in [0.1, 0.15) is 33.8 Å². The van der Waals surface area contributed by atoms with Crippen LogP contribution in [0.15, 0.2) is 18.5 Å². The zero-order valence-corrected chi connectivity index (χ0v) is 20.1. The second-order valence-corrected chi connectivity index (χ2v) is 8.78. The van der Waals surface area contributed by atoms with Gasteiger partial charge in [-0.3, -0.25) is 29.1 Å². The molecule has 0 saturated carbocycles. The summed E-state index contributed by atoms with van der Waals surface area (Å²) in [5.41, 5.74) is 6.47. The lowest BCUT2D eigenvalue weighted by Gasteiger charge is -2.11. The molecule has 15 heteroatoms. The van der Waals surface area contributed by atoms with Crippen molar-refractivity contribution in [3.8, 4) is 11.1 Å². The van der Waals surface area contributed by atoms with Crippen molar-refractivity contribution >= 4 is 44.7 Å². The summed E-state index contributed by atoms with van der Waals surface area (Å²) in [5.74, 6) is -1.55. The maximum absolute atomic E-state index is 13.7. The lowest BCUT2D eigenvalue weighted by Crippen LogP contribution is -2.22. The van der Waals surface area contributed by atoms with Gasteiger partial charge in [0.05, 0.1) is 16.8 Å². The number of fused-ring (bicyclic) bond motifs is 1. The molecule has 0 aromatic carbocycles. The van der Waals surface area contributed by atoms with Crippen LogP contribution in [0.5, 0.6) is 0 Å². The number of hydrogen-bond donors (Lipinski definition) is 2. The van der Waals surface area contributed by atoms with Crippen LogP contribution in [0.1, 0.15) is 40.1 Å². The normalized spacial score (nSPS) is 11.4. The zero-order valence-electron chi connectivity index (χ0n) is 19.3. The first kappa shape index (κ1) is 24.8. The standard InChI is InChI=1S/C21H20F2N8O4S/c1-4-29-9(2)12(6-25-29)11-5-13(19(22)23)27-21-16(11)17(18(36-21)20(24)33)28-15(32)8-30-10(3)14(7-26-30)31(34)35/h5-7,19H,4,8H2,1-3H3,(H2,24,33)(H,28,32). The lowest BCUT2D eigenvalue weighted by molar-refractivity contribution is -0.385. The van der Waals surface area contributed by atoms with Gasteiger partial charge in [-0.2, -0.15) is 10.2 Å². The minimum atomic E-state index is -2.88. The topological polar surface area (TPSA) is 164 Å². The van der Waals surface area contributed by atoms with E-state index in [1.807, 2.05) is 6.92 Å². The third-order valence-electron chi connectivity index (χ3n) is 5.65. The number of aryl methyl sites for hydroxylation is 1. The summed E-state index contributed by atoms with van der Waals surface area (Å²) in [5, 5.41) is 22.1. The number of hydrogen-bond acceptors (Lipinski definition) is 8. The van der Waals surface area contributed by atoms with Crippen LogP contribution in [0.2, 0.25) is 0 Å². The monoisotopic (exact) mass is 518 g/mol. The summed E-state index contributed by atoms with van der Waals surface area (Å²) < 4.78 is 30.2. The number of aromatic nitrogens is 5. The van der Waals surface area contributed by atoms with Gasteiger partial charge in [0.15, 0.2) is 0 Å². The Morgan fingerprint density at radius 3 is 2.44 bits per heavy atom. The highest BCUT2D eigenvalue weighted by atomic mass is 32.1. The van der Waals surface area contributed by atoms with Crippen LogP contribution < -0.4 is 11.1 Å². The van der Waals surface area contributed by atoms with E-state index < -0.39 is 35.4 Å². The predicted molar refractivity (Wildman–Crippen MR) is 127 cm³/mol. The molecule has 4 rings (SSSR count). The van der Waals surface area contributed by atoms with E-state index in [1.54, 1.807) is 11.6 Å². The van der Waals surface area contributed by atoms with Crippen LogP contribution in [0, 0.1) is 24.0 Å². The summed E-state index contributed by atoms with van der Waals surface area (Å²) in [7, 11) is 0. The average molecular weight is 519 g/mol. The third-order valence-corrected chi connectivity index (χ3v) is 6.75. The fraction of sp³-hybridized carbons (Fsp3) is 0.286. The number of alkyl halides is 2. The Kier molecular flexibility index (Phi) is 6.49. The van der Waals surface area contributed by atoms with E-state index in [1.165, 1.54) is 19.2 Å². The molecule has 4 heterocycles. The minimum absolute atomic E-state index is 0.0128. The van der Waals surface area contributed by atoms with Crippen molar-refractivity contribution in [1.29, 1.82) is 0 Å². The molecule has 4 aromatic heterocycles. The van der Waals surface area contributed by atoms with Crippen molar-refractivity contribution in [3.05, 3.63) is 50.5 Å². The van der Waals surface area contributed by atoms with Crippen molar-refractivity contribution in [1.82, 2.24) is 24.5 Å². The Bertz CT molecular complexity index is 1520. The molecule has 2 amide bonds. The van der Waals surface area contributed by atoms with Gasteiger partial charge in [0.2, 0.25) is 5.91 Å². The summed E-state index contributed by atoms with van der Waals surface area (Å²) in [6, 6.07) is 1.20. The predicted octanol–water partition coefficient (Wildman–Crippen LogP) is 3.58. The first-order valence-corrected chi connectivity index (χ1v) is 11.4. The number of anilines is 1. The number of halogens is 2. The number of nitro groups is 1. The van der Waals surface area contributed by atoms with Crippen LogP contribution in [0.4, 0.5) is 20.2 Å². The molecule has 0 spiro atoms. The Hall–Kier alpha value is -4.27. The molecule has 0 aliphatic heterocycles. The molecular formula is C21H20F2N8O4S. The van der Waals surface area contributed by atoms with E-state index in [4.69, 9.17) is 5.73 Å². The molecule has 3 N–H and O–H groups in total. The SMILES string of the molecule is CCn1ncc(-c2cc(C(F)F)nc3sc(C(N)=O)c(NC(=O)Cn4ncc([N+](=O)[O-])c4C)c23)c1C. The van der Waals surface area contributed by atoms with E-state index in [0.717, 1.165) is 22.2 Å². The molecule has 0 fully saturated rings. The van der Waals surface area contributed by atoms with Crippen molar-refractivity contribution in [2.24, 2.45) is 5.73 Å². The van der Waals surface area contributed by atoms with Crippen molar-refractivity contribution in [2.75, 3.05) is 5.32 Å². The van der Waals surface area contributed by atoms with Gasteiger partial charge in [-0.25, -0.2) is 13.8 Å². The number of carbonyl (C=O) groups is 2. The second kappa shape index (κ2) is 9.41. The Balaban J connectivity index is 1.86. The van der Waals surface area contributed by atoms with Crippen molar-refractivity contribution < 1.29 is 23.3 Å². The third kappa shape index (κ3) is 4.28. The van der Waals surface area contributed by atoms with E-state index in [-0.39, 0.29) is 32.2 Å². The number of pyridine rings is 1. The van der Waals surface area contributed by atoms with Crippen LogP contribution in [0.25, 0.3) is 21.3 Å². The smallest absolute Gasteiger partial charge is 0.309 e. The highest BCUT2D eigenvalue weighted by Gasteiger charge is 2.27. The molecule has 4 aromatic rings. The van der Waals surface area contributed by atoms with Crippen LogP contribution >= 0.6 is 11.3 Å². The highest BCUT2D eigenvalue weighted by molar-refractivity contribution is 7.21. The van der Waals surface area contributed by atoms with Gasteiger partial charge in [-0.05, 0) is 32.4 Å². The lowest BCUT2D eigenvalue weighted by atomic mass is 10.0. The number of nitrogens with zero attached hydrogens (tertiary/aromatic N) is 6. The number of nitrogens with one attached hydrogen (secondary N) is 1. The summed E-state index contributed by atoms with van der Waals surface area (Å²) in [4.78, 5) is 39.6. The van der Waals surface area contributed by atoms with Crippen LogP contribution in [-0.2, 0) is 17.9 Å². The number of nitrogens with two attached hydrogens (primary N) is 1. The fourth-order valence-electron chi connectivity index (χ4n) is 3.85. The summed E-state index contributed by atoms with van der Waals surface area (Å²) >= 11 is 0.778. The quantitative estimate of drug-likeness (QED) is 0.266. The minimum Gasteiger partial charge on any atom is -0.365 e. The van der Waals surface area contributed by atoms with Crippen LogP contribution in [-0.4, -0.2) is 41.3 Å². The molecular weight excluding hydrogens is 498 g/mol. The van der Waals surface area contributed by atoms with Crippen molar-refractivity contribution in [3.63, 3.8) is 0 Å². The van der Waals surface area contributed by atoms with Crippen molar-refractivity contribution in [2.45, 2.75) is 40.3 Å². The maximum atomic E-state index is 13.7. The highest BCUT2D eigenvalue weighted by Crippen LogP contribution is 2.43. The molecule has 36 heavy (non-hydrogen) atoms. The maximum Gasteiger partial charge on any atom is 0.309 e. The van der Waals surface area contributed by atoms with E-state index in [9.17, 15) is 28.5 Å². The molecule has 0 aliphatic rings. The number of primary amides is 1. The van der Waals surface area contributed by atoms with Gasteiger partial charge < -0.3 is 11.1 Å². The van der Waals surface area contributed by atoms with Gasteiger partial charge in [-0.15, -0.1) is 11.3 Å². The summed E-state index contributed by atoms with van der Waals surface area (Å²) in [6.07, 6.45) is -0.340. The number of rotatable bonds is 8. The van der Waals surface area contributed by atoms with Gasteiger partial charge >= 0.3 is 5.69 Å². The molecule has 0 bridgehead atoms. The first-order valence-electron chi connectivity index (χ1n) is 10.6. The van der Waals surface area contributed by atoms with Gasteiger partial charge in [-0.1, -0.05) is 0 Å². The van der Waals surface area contributed by atoms with E-state index in [0.29, 0.717) is 23.4 Å². The average Bonchev–Trinajstić information content (AvgIpc) is 3.48. The molecule has 0 unspecified atom stereocenters.